The zero-order valence-electron chi connectivity index (χ0n) is 13.4. The Morgan fingerprint density at radius 1 is 1.04 bits per heavy atom. The standard InChI is InChI=1S/C18H17NO5/c1-18(23-2,17(22)24-19-15(20)10-11-16(19)21)14-9-5-7-12-6-3-4-8-13(12)14/h3-9H,10-11H2,1-2H3. The van der Waals surface area contributed by atoms with Gasteiger partial charge in [0.1, 0.15) is 0 Å². The Kier molecular flexibility index (Phi) is 4.07. The van der Waals surface area contributed by atoms with Gasteiger partial charge in [-0.25, -0.2) is 4.79 Å². The molecule has 1 atom stereocenters. The number of hydrogen-bond donors (Lipinski definition) is 0. The van der Waals surface area contributed by atoms with E-state index < -0.39 is 23.4 Å². The van der Waals surface area contributed by atoms with Gasteiger partial charge in [-0.2, -0.15) is 0 Å². The van der Waals surface area contributed by atoms with Gasteiger partial charge in [0.15, 0.2) is 5.60 Å². The number of nitrogens with zero attached hydrogens (tertiary/aromatic N) is 1. The molecule has 1 saturated heterocycles. The summed E-state index contributed by atoms with van der Waals surface area (Å²) in [6, 6.07) is 13.1. The molecule has 0 N–H and O–H groups in total. The summed E-state index contributed by atoms with van der Waals surface area (Å²) in [5, 5.41) is 2.31. The summed E-state index contributed by atoms with van der Waals surface area (Å²) in [6.45, 7) is 1.56. The molecule has 0 radical (unpaired) electrons. The first-order chi connectivity index (χ1) is 11.5. The monoisotopic (exact) mass is 327 g/mol. The first kappa shape index (κ1) is 16.1. The fraction of sp³-hybridized carbons (Fsp3) is 0.278. The average molecular weight is 327 g/mol. The molecule has 0 aliphatic carbocycles. The topological polar surface area (TPSA) is 72.9 Å². The van der Waals surface area contributed by atoms with Crippen LogP contribution in [-0.2, 0) is 29.6 Å². The minimum atomic E-state index is -1.45. The number of hydroxylamine groups is 2. The molecule has 1 aliphatic heterocycles. The minimum absolute atomic E-state index is 0.0457. The Morgan fingerprint density at radius 2 is 1.67 bits per heavy atom. The number of carbonyl (C=O) groups is 3. The Hall–Kier alpha value is -2.73. The summed E-state index contributed by atoms with van der Waals surface area (Å²) < 4.78 is 5.45. The number of rotatable bonds is 4. The number of ether oxygens (including phenoxy) is 1. The van der Waals surface area contributed by atoms with Crippen molar-refractivity contribution in [1.29, 1.82) is 0 Å². The summed E-state index contributed by atoms with van der Waals surface area (Å²) in [5.74, 6) is -1.86. The predicted molar refractivity (Wildman–Crippen MR) is 85.5 cm³/mol. The minimum Gasteiger partial charge on any atom is -0.362 e. The number of imide groups is 1. The molecule has 2 aromatic rings. The van der Waals surface area contributed by atoms with Crippen molar-refractivity contribution < 1.29 is 24.0 Å². The van der Waals surface area contributed by atoms with E-state index in [0.29, 0.717) is 10.6 Å². The molecule has 1 fully saturated rings. The SMILES string of the molecule is COC(C)(C(=O)ON1C(=O)CCC1=O)c1cccc2ccccc12. The van der Waals surface area contributed by atoms with E-state index in [1.54, 1.807) is 13.0 Å². The average Bonchev–Trinajstić information content (AvgIpc) is 2.92. The van der Waals surface area contributed by atoms with Crippen molar-refractivity contribution in [1.82, 2.24) is 5.06 Å². The van der Waals surface area contributed by atoms with Gasteiger partial charge >= 0.3 is 5.97 Å². The Labute approximate surface area is 138 Å². The van der Waals surface area contributed by atoms with E-state index in [-0.39, 0.29) is 12.8 Å². The Morgan fingerprint density at radius 3 is 2.33 bits per heavy atom. The highest BCUT2D eigenvalue weighted by atomic mass is 16.7. The zero-order valence-corrected chi connectivity index (χ0v) is 13.4. The van der Waals surface area contributed by atoms with E-state index in [1.165, 1.54) is 7.11 Å². The summed E-state index contributed by atoms with van der Waals surface area (Å²) in [5.41, 5.74) is -0.850. The number of methoxy groups -OCH3 is 1. The van der Waals surface area contributed by atoms with Gasteiger partial charge in [-0.3, -0.25) is 9.59 Å². The van der Waals surface area contributed by atoms with Crippen LogP contribution in [0.2, 0.25) is 0 Å². The van der Waals surface area contributed by atoms with Crippen LogP contribution in [0.1, 0.15) is 25.3 Å². The molecular formula is C18H17NO5. The Balaban J connectivity index is 2.00. The fourth-order valence-corrected chi connectivity index (χ4v) is 2.77. The lowest BCUT2D eigenvalue weighted by Crippen LogP contribution is -2.42. The Bertz CT molecular complexity index is 810. The van der Waals surface area contributed by atoms with Crippen LogP contribution in [0.25, 0.3) is 10.8 Å². The number of carbonyl (C=O) groups excluding carboxylic acids is 3. The van der Waals surface area contributed by atoms with E-state index in [0.717, 1.165) is 10.8 Å². The second kappa shape index (κ2) is 6.05. The maximum atomic E-state index is 12.7. The third-order valence-electron chi connectivity index (χ3n) is 4.28. The van der Waals surface area contributed by atoms with Crippen molar-refractivity contribution >= 4 is 28.6 Å². The maximum Gasteiger partial charge on any atom is 0.368 e. The van der Waals surface area contributed by atoms with E-state index in [2.05, 4.69) is 0 Å². The smallest absolute Gasteiger partial charge is 0.362 e. The first-order valence-electron chi connectivity index (χ1n) is 7.59. The van der Waals surface area contributed by atoms with Crippen LogP contribution in [-0.4, -0.2) is 30.0 Å². The number of amides is 2. The van der Waals surface area contributed by atoms with Crippen LogP contribution < -0.4 is 0 Å². The van der Waals surface area contributed by atoms with Crippen LogP contribution in [0.15, 0.2) is 42.5 Å². The van der Waals surface area contributed by atoms with Gasteiger partial charge in [-0.05, 0) is 17.7 Å². The fourth-order valence-electron chi connectivity index (χ4n) is 2.77. The zero-order chi connectivity index (χ0) is 17.3. The highest BCUT2D eigenvalue weighted by Gasteiger charge is 2.43. The van der Waals surface area contributed by atoms with E-state index in [4.69, 9.17) is 9.57 Å². The number of hydrogen-bond acceptors (Lipinski definition) is 5. The molecule has 6 nitrogen and oxygen atoms in total. The molecule has 1 aliphatic rings. The largest absolute Gasteiger partial charge is 0.368 e. The molecule has 0 bridgehead atoms. The lowest BCUT2D eigenvalue weighted by molar-refractivity contribution is -0.212. The van der Waals surface area contributed by atoms with Gasteiger partial charge in [0, 0.05) is 25.5 Å². The molecule has 0 spiro atoms. The molecule has 6 heteroatoms. The summed E-state index contributed by atoms with van der Waals surface area (Å²) in [6.07, 6.45) is 0.0914. The van der Waals surface area contributed by atoms with Crippen molar-refractivity contribution in [3.05, 3.63) is 48.0 Å². The van der Waals surface area contributed by atoms with Crippen LogP contribution in [0.3, 0.4) is 0 Å². The highest BCUT2D eigenvalue weighted by molar-refractivity contribution is 6.02. The normalized spacial score (nSPS) is 17.2. The van der Waals surface area contributed by atoms with Crippen LogP contribution in [0.4, 0.5) is 0 Å². The van der Waals surface area contributed by atoms with E-state index >= 15 is 0 Å². The quantitative estimate of drug-likeness (QED) is 0.806. The third-order valence-corrected chi connectivity index (χ3v) is 4.28. The highest BCUT2D eigenvalue weighted by Crippen LogP contribution is 2.33. The van der Waals surface area contributed by atoms with Gasteiger partial charge in [0.2, 0.25) is 0 Å². The first-order valence-corrected chi connectivity index (χ1v) is 7.59. The molecule has 1 heterocycles. The van der Waals surface area contributed by atoms with Crippen molar-refractivity contribution in [2.45, 2.75) is 25.4 Å². The van der Waals surface area contributed by atoms with Gasteiger partial charge in [-0.15, -0.1) is 5.06 Å². The van der Waals surface area contributed by atoms with Gasteiger partial charge in [0.25, 0.3) is 11.8 Å². The van der Waals surface area contributed by atoms with E-state index in [9.17, 15) is 14.4 Å². The molecule has 2 aromatic carbocycles. The molecule has 0 aromatic heterocycles. The predicted octanol–water partition coefficient (Wildman–Crippen LogP) is 2.31. The van der Waals surface area contributed by atoms with Crippen molar-refractivity contribution in [3.8, 4) is 0 Å². The third kappa shape index (κ3) is 2.55. The number of benzene rings is 2. The van der Waals surface area contributed by atoms with Gasteiger partial charge < -0.3 is 9.57 Å². The van der Waals surface area contributed by atoms with E-state index in [1.807, 2.05) is 36.4 Å². The molecule has 3 rings (SSSR count). The van der Waals surface area contributed by atoms with Crippen LogP contribution in [0, 0.1) is 0 Å². The molecule has 24 heavy (non-hydrogen) atoms. The molecule has 1 unspecified atom stereocenters. The second-order valence-corrected chi connectivity index (χ2v) is 5.72. The van der Waals surface area contributed by atoms with Crippen molar-refractivity contribution in [2.24, 2.45) is 0 Å². The van der Waals surface area contributed by atoms with Crippen molar-refractivity contribution in [3.63, 3.8) is 0 Å². The van der Waals surface area contributed by atoms with Gasteiger partial charge in [0.05, 0.1) is 0 Å². The lowest BCUT2D eigenvalue weighted by Gasteiger charge is -2.28. The lowest BCUT2D eigenvalue weighted by atomic mass is 9.91. The second-order valence-electron chi connectivity index (χ2n) is 5.72. The molecule has 124 valence electrons. The number of fused-ring (bicyclic) bond motifs is 1. The molecular weight excluding hydrogens is 310 g/mol. The molecule has 2 amide bonds. The summed E-state index contributed by atoms with van der Waals surface area (Å²) in [7, 11) is 1.39. The van der Waals surface area contributed by atoms with Crippen LogP contribution >= 0.6 is 0 Å². The van der Waals surface area contributed by atoms with Gasteiger partial charge in [-0.1, -0.05) is 42.5 Å². The molecule has 0 saturated carbocycles. The summed E-state index contributed by atoms with van der Waals surface area (Å²) in [4.78, 5) is 41.1. The summed E-state index contributed by atoms with van der Waals surface area (Å²) >= 11 is 0. The maximum absolute atomic E-state index is 12.7. The van der Waals surface area contributed by atoms with Crippen molar-refractivity contribution in [2.75, 3.05) is 7.11 Å². The van der Waals surface area contributed by atoms with Crippen LogP contribution in [0.5, 0.6) is 0 Å².